The number of aryl methyl sites for hydroxylation is 1. The minimum atomic E-state index is -3.92. The normalized spacial score (nSPS) is 11.1. The van der Waals surface area contributed by atoms with Crippen LogP contribution in [-0.2, 0) is 16.4 Å². The molecule has 0 saturated carbocycles. The van der Waals surface area contributed by atoms with Crippen LogP contribution in [0.15, 0.2) is 83.8 Å². The Bertz CT molecular complexity index is 1650. The van der Waals surface area contributed by atoms with E-state index >= 15 is 0 Å². The van der Waals surface area contributed by atoms with Crippen LogP contribution in [0.3, 0.4) is 0 Å². The highest BCUT2D eigenvalue weighted by Gasteiger charge is 2.24. The fraction of sp³-hybridized carbons (Fsp3) is 0.226. The number of sulfonamides is 1. The van der Waals surface area contributed by atoms with Crippen molar-refractivity contribution in [3.63, 3.8) is 0 Å². The molecule has 0 saturated heterocycles. The van der Waals surface area contributed by atoms with Crippen molar-refractivity contribution in [3.05, 3.63) is 89.3 Å². The van der Waals surface area contributed by atoms with Gasteiger partial charge in [-0.25, -0.2) is 13.4 Å². The Kier molecular flexibility index (Phi) is 9.99. The summed E-state index contributed by atoms with van der Waals surface area (Å²) in [7, 11) is -3.92. The molecule has 1 amide bonds. The van der Waals surface area contributed by atoms with Gasteiger partial charge in [-0.2, -0.15) is 14.8 Å². The number of nitrogens with zero attached hydrogens (tertiary/aromatic N) is 4. The maximum atomic E-state index is 13.1. The molecule has 0 atom stereocenters. The second-order valence-electron chi connectivity index (χ2n) is 9.18. The third kappa shape index (κ3) is 7.24. The number of hydrogen-bond donors (Lipinski definition) is 1. The van der Waals surface area contributed by atoms with Crippen molar-refractivity contribution in [2.75, 3.05) is 18.4 Å². The maximum absolute atomic E-state index is 13.1. The van der Waals surface area contributed by atoms with Gasteiger partial charge < -0.3 is 0 Å². The summed E-state index contributed by atoms with van der Waals surface area (Å²) in [6, 6.07) is 27.8. The van der Waals surface area contributed by atoms with Crippen LogP contribution in [0, 0.1) is 22.7 Å². The van der Waals surface area contributed by atoms with E-state index in [1.165, 1.54) is 35.6 Å². The second kappa shape index (κ2) is 13.8. The van der Waals surface area contributed by atoms with Crippen molar-refractivity contribution in [1.82, 2.24) is 9.29 Å². The monoisotopic (exact) mass is 583 g/mol. The van der Waals surface area contributed by atoms with Crippen LogP contribution in [-0.4, -0.2) is 36.7 Å². The fourth-order valence-corrected chi connectivity index (χ4v) is 6.80. The van der Waals surface area contributed by atoms with E-state index in [2.05, 4.69) is 36.5 Å². The van der Waals surface area contributed by atoms with Gasteiger partial charge in [0.05, 0.1) is 22.7 Å². The van der Waals surface area contributed by atoms with Crippen LogP contribution in [0.4, 0.5) is 5.13 Å². The molecule has 0 unspecified atom stereocenters. The summed E-state index contributed by atoms with van der Waals surface area (Å²) < 4.78 is 27.2. The van der Waals surface area contributed by atoms with Gasteiger partial charge in [0, 0.05) is 41.9 Å². The van der Waals surface area contributed by atoms with Gasteiger partial charge >= 0.3 is 0 Å². The van der Waals surface area contributed by atoms with Gasteiger partial charge in [-0.1, -0.05) is 67.9 Å². The molecule has 41 heavy (non-hydrogen) atoms. The van der Waals surface area contributed by atoms with E-state index in [0.29, 0.717) is 5.13 Å². The first-order valence-corrected chi connectivity index (χ1v) is 15.4. The summed E-state index contributed by atoms with van der Waals surface area (Å²) in [5.41, 5.74) is 4.33. The Morgan fingerprint density at radius 3 is 2.05 bits per heavy atom. The maximum Gasteiger partial charge on any atom is 0.257 e. The summed E-state index contributed by atoms with van der Waals surface area (Å²) in [6.07, 6.45) is 1.78. The molecule has 0 spiro atoms. The van der Waals surface area contributed by atoms with Gasteiger partial charge in [0.25, 0.3) is 5.91 Å². The van der Waals surface area contributed by atoms with Crippen LogP contribution in [0.25, 0.3) is 22.4 Å². The summed E-state index contributed by atoms with van der Waals surface area (Å²) in [6.45, 7) is 2.08. The standard InChI is InChI=1S/C31H29N5O3S2/c1-2-8-28-29(25-13-11-24(12-14-25)23-9-4-3-5-10-23)34-31(40-28)35-30(37)26-15-17-27(18-16-26)41(38,39)36(21-6-19-32)22-7-20-33/h3-5,9-18H,2,6-8,21-22H2,1H3,(H,34,35,37). The zero-order chi connectivity index (χ0) is 29.2. The first kappa shape index (κ1) is 29.6. The summed E-state index contributed by atoms with van der Waals surface area (Å²) in [5.74, 6) is -0.400. The molecule has 1 N–H and O–H groups in total. The van der Waals surface area contributed by atoms with Crippen LogP contribution >= 0.6 is 11.3 Å². The molecule has 0 bridgehead atoms. The molecule has 1 aromatic heterocycles. The summed E-state index contributed by atoms with van der Waals surface area (Å²) in [4.78, 5) is 18.8. The van der Waals surface area contributed by atoms with Gasteiger partial charge in [-0.05, 0) is 41.8 Å². The van der Waals surface area contributed by atoms with Crippen LogP contribution in [0.5, 0.6) is 0 Å². The number of amides is 1. The van der Waals surface area contributed by atoms with Crippen LogP contribution in [0.1, 0.15) is 41.4 Å². The van der Waals surface area contributed by atoms with Crippen molar-refractivity contribution in [2.45, 2.75) is 37.5 Å². The van der Waals surface area contributed by atoms with Gasteiger partial charge in [-0.3, -0.25) is 10.1 Å². The third-order valence-electron chi connectivity index (χ3n) is 6.36. The molecular weight excluding hydrogens is 555 g/mol. The number of thiazole rings is 1. The van der Waals surface area contributed by atoms with E-state index in [4.69, 9.17) is 15.5 Å². The Balaban J connectivity index is 1.51. The van der Waals surface area contributed by atoms with E-state index in [0.717, 1.165) is 44.4 Å². The lowest BCUT2D eigenvalue weighted by atomic mass is 10.0. The smallest absolute Gasteiger partial charge is 0.257 e. The number of aromatic nitrogens is 1. The summed E-state index contributed by atoms with van der Waals surface area (Å²) in [5, 5.41) is 21.1. The largest absolute Gasteiger partial charge is 0.298 e. The average Bonchev–Trinajstić information content (AvgIpc) is 3.39. The first-order chi connectivity index (χ1) is 19.9. The van der Waals surface area contributed by atoms with Gasteiger partial charge in [-0.15, -0.1) is 11.3 Å². The molecule has 10 heteroatoms. The molecule has 0 radical (unpaired) electrons. The fourth-order valence-electron chi connectivity index (χ4n) is 4.28. The van der Waals surface area contributed by atoms with Crippen LogP contribution in [0.2, 0.25) is 0 Å². The molecule has 208 valence electrons. The lowest BCUT2D eigenvalue weighted by molar-refractivity contribution is 0.102. The minimum absolute atomic E-state index is 0.00866. The number of benzene rings is 3. The number of nitrogens with one attached hydrogen (secondary N) is 1. The summed E-state index contributed by atoms with van der Waals surface area (Å²) >= 11 is 1.43. The molecule has 4 aromatic rings. The quantitative estimate of drug-likeness (QED) is 0.203. The Morgan fingerprint density at radius 1 is 0.878 bits per heavy atom. The lowest BCUT2D eigenvalue weighted by Gasteiger charge is -2.20. The van der Waals surface area contributed by atoms with Crippen molar-refractivity contribution in [2.24, 2.45) is 0 Å². The van der Waals surface area contributed by atoms with E-state index in [-0.39, 0.29) is 36.4 Å². The molecular formula is C31H29N5O3S2. The SMILES string of the molecule is CCCc1sc(NC(=O)c2ccc(S(=O)(=O)N(CCC#N)CCC#N)cc2)nc1-c1ccc(-c2ccccc2)cc1. The zero-order valence-corrected chi connectivity index (χ0v) is 24.2. The second-order valence-corrected chi connectivity index (χ2v) is 12.2. The predicted molar refractivity (Wildman–Crippen MR) is 161 cm³/mol. The zero-order valence-electron chi connectivity index (χ0n) is 22.6. The molecule has 4 rings (SSSR count). The lowest BCUT2D eigenvalue weighted by Crippen LogP contribution is -2.32. The number of rotatable bonds is 12. The van der Waals surface area contributed by atoms with Gasteiger partial charge in [0.2, 0.25) is 10.0 Å². The molecule has 0 fully saturated rings. The number of carbonyl (C=O) groups excluding carboxylic acids is 1. The van der Waals surface area contributed by atoms with Crippen molar-refractivity contribution in [1.29, 1.82) is 10.5 Å². The number of hydrogen-bond acceptors (Lipinski definition) is 7. The highest BCUT2D eigenvalue weighted by Crippen LogP contribution is 2.33. The number of carbonyl (C=O) groups is 1. The van der Waals surface area contributed by atoms with E-state index in [9.17, 15) is 13.2 Å². The molecule has 0 aliphatic carbocycles. The van der Waals surface area contributed by atoms with E-state index < -0.39 is 15.9 Å². The molecule has 3 aromatic carbocycles. The Morgan fingerprint density at radius 2 is 1.46 bits per heavy atom. The highest BCUT2D eigenvalue weighted by atomic mass is 32.2. The first-order valence-electron chi connectivity index (χ1n) is 13.2. The predicted octanol–water partition coefficient (Wildman–Crippen LogP) is 6.50. The topological polar surface area (TPSA) is 127 Å². The molecule has 1 heterocycles. The van der Waals surface area contributed by atoms with Crippen molar-refractivity contribution in [3.8, 4) is 34.5 Å². The van der Waals surface area contributed by atoms with Gasteiger partial charge in [0.1, 0.15) is 0 Å². The van der Waals surface area contributed by atoms with Gasteiger partial charge in [0.15, 0.2) is 5.13 Å². The van der Waals surface area contributed by atoms with E-state index in [1.54, 1.807) is 0 Å². The Labute approximate surface area is 244 Å². The molecule has 0 aliphatic heterocycles. The average molecular weight is 584 g/mol. The minimum Gasteiger partial charge on any atom is -0.298 e. The molecule has 8 nitrogen and oxygen atoms in total. The highest BCUT2D eigenvalue weighted by molar-refractivity contribution is 7.89. The Hall–Kier alpha value is -4.35. The van der Waals surface area contributed by atoms with E-state index in [1.807, 2.05) is 42.5 Å². The number of anilines is 1. The van der Waals surface area contributed by atoms with Crippen molar-refractivity contribution < 1.29 is 13.2 Å². The third-order valence-corrected chi connectivity index (χ3v) is 9.30. The molecule has 0 aliphatic rings. The number of nitriles is 2. The van der Waals surface area contributed by atoms with Crippen molar-refractivity contribution >= 4 is 32.4 Å². The van der Waals surface area contributed by atoms with Crippen LogP contribution < -0.4 is 5.32 Å².